The molecule has 8 heteroatoms. The Morgan fingerprint density at radius 1 is 1.31 bits per heavy atom. The minimum Gasteiger partial charge on any atom is -0.356 e. The highest BCUT2D eigenvalue weighted by molar-refractivity contribution is 14.0. The van der Waals surface area contributed by atoms with Gasteiger partial charge in [-0.1, -0.05) is 31.5 Å². The number of aliphatic imine (C=N–C) groups is 1. The topological polar surface area (TPSA) is 65.4 Å². The van der Waals surface area contributed by atoms with Crippen molar-refractivity contribution in [3.05, 3.63) is 53.4 Å². The van der Waals surface area contributed by atoms with Crippen LogP contribution in [0.5, 0.6) is 0 Å². The van der Waals surface area contributed by atoms with Gasteiger partial charge in [-0.25, -0.2) is 4.98 Å². The lowest BCUT2D eigenvalue weighted by Crippen LogP contribution is -2.46. The molecule has 3 heterocycles. The lowest BCUT2D eigenvalue weighted by atomic mass is 9.89. The predicted molar refractivity (Wildman–Crippen MR) is 132 cm³/mol. The first kappa shape index (κ1) is 23.7. The van der Waals surface area contributed by atoms with Crippen LogP contribution >= 0.6 is 35.6 Å². The monoisotopic (exact) mass is 528 g/mol. The molecule has 2 N–H and O–H groups in total. The van der Waals surface area contributed by atoms with Gasteiger partial charge >= 0.3 is 0 Å². The lowest BCUT2D eigenvalue weighted by molar-refractivity contribution is 0.485. The van der Waals surface area contributed by atoms with E-state index in [9.17, 15) is 0 Å². The first-order valence-corrected chi connectivity index (χ1v) is 10.2. The number of nitrogens with zero attached hydrogens (tertiary/aromatic N) is 4. The smallest absolute Gasteiger partial charge is 0.191 e. The van der Waals surface area contributed by atoms with Crippen LogP contribution in [0.25, 0.3) is 0 Å². The third-order valence-corrected chi connectivity index (χ3v) is 5.49. The van der Waals surface area contributed by atoms with Gasteiger partial charge in [0.15, 0.2) is 5.96 Å². The van der Waals surface area contributed by atoms with Gasteiger partial charge in [0.1, 0.15) is 5.82 Å². The largest absolute Gasteiger partial charge is 0.356 e. The lowest BCUT2D eigenvalue weighted by Gasteiger charge is -2.24. The summed E-state index contributed by atoms with van der Waals surface area (Å²) in [7, 11) is 1.81. The van der Waals surface area contributed by atoms with Crippen molar-refractivity contribution in [2.45, 2.75) is 32.2 Å². The molecule has 2 aromatic heterocycles. The highest BCUT2D eigenvalue weighted by atomic mass is 127. The van der Waals surface area contributed by atoms with Crippen LogP contribution in [-0.4, -0.2) is 48.7 Å². The van der Waals surface area contributed by atoms with E-state index in [1.54, 1.807) is 6.20 Å². The van der Waals surface area contributed by atoms with Gasteiger partial charge in [-0.3, -0.25) is 9.98 Å². The van der Waals surface area contributed by atoms with Crippen molar-refractivity contribution in [1.82, 2.24) is 20.6 Å². The third-order valence-electron chi connectivity index (χ3n) is 5.20. The number of anilines is 1. The highest BCUT2D eigenvalue weighted by Crippen LogP contribution is 2.26. The number of rotatable bonds is 6. The van der Waals surface area contributed by atoms with Crippen LogP contribution in [0, 0.1) is 5.92 Å². The molecule has 0 spiro atoms. The zero-order valence-electron chi connectivity index (χ0n) is 17.2. The van der Waals surface area contributed by atoms with E-state index < -0.39 is 0 Å². The van der Waals surface area contributed by atoms with E-state index in [0.29, 0.717) is 22.9 Å². The molecular weight excluding hydrogens is 499 g/mol. The van der Waals surface area contributed by atoms with Crippen molar-refractivity contribution < 1.29 is 0 Å². The average Bonchev–Trinajstić information content (AvgIpc) is 3.16. The molecular formula is C21H30ClIN6. The summed E-state index contributed by atoms with van der Waals surface area (Å²) in [4.78, 5) is 15.3. The van der Waals surface area contributed by atoms with E-state index in [-0.39, 0.29) is 24.0 Å². The number of nitrogens with one attached hydrogen (secondary N) is 2. The minimum atomic E-state index is 0. The molecule has 1 saturated heterocycles. The minimum absolute atomic E-state index is 0. The second kappa shape index (κ2) is 11.5. The number of hydrogen-bond acceptors (Lipinski definition) is 4. The summed E-state index contributed by atoms with van der Waals surface area (Å²) in [6, 6.07) is 8.18. The molecule has 0 aliphatic carbocycles. The Balaban J connectivity index is 0.00000300. The van der Waals surface area contributed by atoms with Gasteiger partial charge in [0.25, 0.3) is 0 Å². The van der Waals surface area contributed by atoms with Crippen LogP contribution in [0.15, 0.2) is 47.8 Å². The fourth-order valence-electron chi connectivity index (χ4n) is 3.61. The molecule has 1 aliphatic heterocycles. The molecule has 0 amide bonds. The molecule has 3 rings (SSSR count). The van der Waals surface area contributed by atoms with E-state index in [0.717, 1.165) is 37.8 Å². The maximum Gasteiger partial charge on any atom is 0.191 e. The Morgan fingerprint density at radius 3 is 2.76 bits per heavy atom. The molecule has 0 radical (unpaired) electrons. The summed E-state index contributed by atoms with van der Waals surface area (Å²) in [5.74, 6) is 2.56. The van der Waals surface area contributed by atoms with Crippen molar-refractivity contribution in [1.29, 1.82) is 0 Å². The quantitative estimate of drug-likeness (QED) is 0.338. The Morgan fingerprint density at radius 2 is 2.10 bits per heavy atom. The van der Waals surface area contributed by atoms with Crippen molar-refractivity contribution in [3.8, 4) is 0 Å². The number of hydrogen-bond donors (Lipinski definition) is 2. The second-order valence-electron chi connectivity index (χ2n) is 7.47. The Kier molecular flexibility index (Phi) is 9.42. The summed E-state index contributed by atoms with van der Waals surface area (Å²) in [6.07, 6.45) is 6.57. The van der Waals surface area contributed by atoms with Gasteiger partial charge < -0.3 is 15.5 Å². The van der Waals surface area contributed by atoms with Gasteiger partial charge in [0.05, 0.1) is 5.02 Å². The van der Waals surface area contributed by atoms with Crippen molar-refractivity contribution in [2.75, 3.05) is 31.6 Å². The number of halogens is 2. The summed E-state index contributed by atoms with van der Waals surface area (Å²) in [5.41, 5.74) is 1.25. The highest BCUT2D eigenvalue weighted by Gasteiger charge is 2.26. The molecule has 2 atom stereocenters. The summed E-state index contributed by atoms with van der Waals surface area (Å²) < 4.78 is 0. The number of pyridine rings is 2. The van der Waals surface area contributed by atoms with Crippen LogP contribution in [0.3, 0.4) is 0 Å². The fourth-order valence-corrected chi connectivity index (χ4v) is 3.85. The molecule has 1 fully saturated rings. The van der Waals surface area contributed by atoms with Crippen LogP contribution in [0.4, 0.5) is 5.82 Å². The van der Waals surface area contributed by atoms with Gasteiger partial charge in [0, 0.05) is 57.2 Å². The Hall–Kier alpha value is -1.61. The third kappa shape index (κ3) is 6.44. The molecule has 29 heavy (non-hydrogen) atoms. The fraction of sp³-hybridized carbons (Fsp3) is 0.476. The van der Waals surface area contributed by atoms with Crippen molar-refractivity contribution in [3.63, 3.8) is 0 Å². The Bertz CT molecular complexity index is 786. The summed E-state index contributed by atoms with van der Waals surface area (Å²) in [6.45, 7) is 7.07. The van der Waals surface area contributed by atoms with E-state index in [1.807, 2.05) is 37.6 Å². The first-order chi connectivity index (χ1) is 13.6. The molecule has 0 saturated carbocycles. The van der Waals surface area contributed by atoms with E-state index in [4.69, 9.17) is 11.6 Å². The van der Waals surface area contributed by atoms with Crippen LogP contribution in [-0.2, 0) is 0 Å². The average molecular weight is 529 g/mol. The normalized spacial score (nSPS) is 17.8. The van der Waals surface area contributed by atoms with Crippen LogP contribution in [0.1, 0.15) is 31.7 Å². The molecule has 6 nitrogen and oxygen atoms in total. The van der Waals surface area contributed by atoms with E-state index in [1.165, 1.54) is 5.56 Å². The number of guanidine groups is 1. The van der Waals surface area contributed by atoms with E-state index in [2.05, 4.69) is 50.4 Å². The van der Waals surface area contributed by atoms with Gasteiger partial charge in [-0.15, -0.1) is 24.0 Å². The molecule has 0 aromatic carbocycles. The number of aromatic nitrogens is 2. The first-order valence-electron chi connectivity index (χ1n) is 9.81. The van der Waals surface area contributed by atoms with Gasteiger partial charge in [0.2, 0.25) is 0 Å². The molecule has 2 aromatic rings. The maximum absolute atomic E-state index is 6.29. The maximum atomic E-state index is 6.29. The molecule has 2 unspecified atom stereocenters. The summed E-state index contributed by atoms with van der Waals surface area (Å²) >= 11 is 6.29. The predicted octanol–water partition coefficient (Wildman–Crippen LogP) is 3.93. The summed E-state index contributed by atoms with van der Waals surface area (Å²) in [5, 5.41) is 7.73. The van der Waals surface area contributed by atoms with E-state index >= 15 is 0 Å². The van der Waals surface area contributed by atoms with Crippen LogP contribution < -0.4 is 15.5 Å². The zero-order valence-corrected chi connectivity index (χ0v) is 20.3. The van der Waals surface area contributed by atoms with Gasteiger partial charge in [-0.2, -0.15) is 0 Å². The molecule has 0 bridgehead atoms. The SMILES string of the molecule is CN=C(NCC(c1cccnc1)C(C)C)NC1CCN(c2ncccc2Cl)C1.I. The zero-order chi connectivity index (χ0) is 19.9. The molecule has 158 valence electrons. The van der Waals surface area contributed by atoms with Crippen molar-refractivity contribution >= 4 is 47.4 Å². The molecule has 1 aliphatic rings. The standard InChI is InChI=1S/C21H29ClN6.HI/c1-15(2)18(16-6-4-9-24-12-16)13-26-21(23-3)27-17-8-11-28(14-17)20-19(22)7-5-10-25-20;/h4-7,9-10,12,15,17-18H,8,11,13-14H2,1-3H3,(H2,23,26,27);1H. The van der Waals surface area contributed by atoms with Gasteiger partial charge in [-0.05, 0) is 36.1 Å². The van der Waals surface area contributed by atoms with Crippen LogP contribution in [0.2, 0.25) is 5.02 Å². The Labute approximate surface area is 195 Å². The van der Waals surface area contributed by atoms with Crippen molar-refractivity contribution in [2.24, 2.45) is 10.9 Å². The second-order valence-corrected chi connectivity index (χ2v) is 7.88.